The maximum absolute atomic E-state index is 12.9. The van der Waals surface area contributed by atoms with Crippen LogP contribution in [0.4, 0.5) is 10.1 Å². The zero-order valence-corrected chi connectivity index (χ0v) is 11.1. The molecule has 1 unspecified atom stereocenters. The predicted molar refractivity (Wildman–Crippen MR) is 70.2 cm³/mol. The van der Waals surface area contributed by atoms with E-state index < -0.39 is 5.41 Å². The quantitative estimate of drug-likeness (QED) is 0.827. The highest BCUT2D eigenvalue weighted by Gasteiger charge is 2.45. The monoisotopic (exact) mass is 264 g/mol. The van der Waals surface area contributed by atoms with Gasteiger partial charge in [0.1, 0.15) is 11.2 Å². The Bertz CT molecular complexity index is 501. The smallest absolute Gasteiger partial charge is 0.242 e. The van der Waals surface area contributed by atoms with Crippen LogP contribution in [0, 0.1) is 11.2 Å². The van der Waals surface area contributed by atoms with Gasteiger partial charge in [0.2, 0.25) is 11.8 Å². The Hall–Kier alpha value is -1.91. The molecule has 0 aliphatic carbocycles. The van der Waals surface area contributed by atoms with Gasteiger partial charge in [-0.05, 0) is 44.0 Å². The van der Waals surface area contributed by atoms with Crippen molar-refractivity contribution in [3.05, 3.63) is 30.1 Å². The Balaban J connectivity index is 2.30. The molecule has 2 amide bonds. The Morgan fingerprint density at radius 1 is 1.37 bits per heavy atom. The number of carbonyl (C=O) groups is 2. The number of rotatable bonds is 2. The number of piperidine rings is 1. The van der Waals surface area contributed by atoms with E-state index >= 15 is 0 Å². The summed E-state index contributed by atoms with van der Waals surface area (Å²) in [6.07, 6.45) is 1.27. The highest BCUT2D eigenvalue weighted by molar-refractivity contribution is 6.11. The van der Waals surface area contributed by atoms with Crippen LogP contribution in [0.3, 0.4) is 0 Å². The highest BCUT2D eigenvalue weighted by Crippen LogP contribution is 2.33. The number of amides is 2. The molecule has 2 rings (SSSR count). The molecule has 1 saturated heterocycles. The Labute approximate surface area is 111 Å². The minimum absolute atomic E-state index is 0.232. The highest BCUT2D eigenvalue weighted by atomic mass is 19.1. The first kappa shape index (κ1) is 13.5. The topological polar surface area (TPSA) is 49.4 Å². The number of carbonyl (C=O) groups excluding carboxylic acids is 2. The van der Waals surface area contributed by atoms with Crippen LogP contribution in [-0.4, -0.2) is 25.4 Å². The Morgan fingerprint density at radius 3 is 2.58 bits per heavy atom. The largest absolute Gasteiger partial charge is 0.358 e. The van der Waals surface area contributed by atoms with Crippen molar-refractivity contribution in [2.45, 2.75) is 19.8 Å². The lowest BCUT2D eigenvalue weighted by molar-refractivity contribution is -0.142. The molecule has 4 nitrogen and oxygen atoms in total. The molecule has 1 aliphatic heterocycles. The number of halogens is 1. The standard InChI is InChI=1S/C14H17FN2O2/c1-14(12(18)16-2)8-3-9-17(13(14)19)11-6-4-10(15)5-7-11/h4-7H,3,8-9H2,1-2H3,(H,16,18). The predicted octanol–water partition coefficient (Wildman–Crippen LogP) is 1.70. The van der Waals surface area contributed by atoms with Gasteiger partial charge in [-0.2, -0.15) is 0 Å². The molecule has 1 fully saturated rings. The molecule has 1 aromatic rings. The summed E-state index contributed by atoms with van der Waals surface area (Å²) in [5.41, 5.74) is -0.414. The lowest BCUT2D eigenvalue weighted by atomic mass is 9.80. The van der Waals surface area contributed by atoms with Crippen molar-refractivity contribution in [3.63, 3.8) is 0 Å². The van der Waals surface area contributed by atoms with Gasteiger partial charge in [0, 0.05) is 19.3 Å². The molecule has 0 radical (unpaired) electrons. The number of benzene rings is 1. The number of nitrogens with zero attached hydrogens (tertiary/aromatic N) is 1. The van der Waals surface area contributed by atoms with Crippen LogP contribution in [0.2, 0.25) is 0 Å². The SMILES string of the molecule is CNC(=O)C1(C)CCCN(c2ccc(F)cc2)C1=O. The number of nitrogens with one attached hydrogen (secondary N) is 1. The molecule has 1 aliphatic rings. The van der Waals surface area contributed by atoms with Crippen LogP contribution >= 0.6 is 0 Å². The van der Waals surface area contributed by atoms with Crippen LogP contribution in [-0.2, 0) is 9.59 Å². The van der Waals surface area contributed by atoms with Gasteiger partial charge in [0.25, 0.3) is 0 Å². The van der Waals surface area contributed by atoms with E-state index in [0.717, 1.165) is 6.42 Å². The number of anilines is 1. The molecule has 0 spiro atoms. The van der Waals surface area contributed by atoms with Crippen LogP contribution in [0.15, 0.2) is 24.3 Å². The Kier molecular flexibility index (Phi) is 3.55. The molecule has 0 saturated carbocycles. The summed E-state index contributed by atoms with van der Waals surface area (Å²) in [6, 6.07) is 5.74. The van der Waals surface area contributed by atoms with E-state index in [1.54, 1.807) is 24.0 Å². The van der Waals surface area contributed by atoms with Crippen LogP contribution < -0.4 is 10.2 Å². The second-order valence-electron chi connectivity index (χ2n) is 4.95. The van der Waals surface area contributed by atoms with Crippen molar-refractivity contribution in [1.29, 1.82) is 0 Å². The van der Waals surface area contributed by atoms with E-state index in [9.17, 15) is 14.0 Å². The third-order valence-corrected chi connectivity index (χ3v) is 3.64. The fourth-order valence-electron chi connectivity index (χ4n) is 2.45. The lowest BCUT2D eigenvalue weighted by Crippen LogP contribution is -2.54. The third-order valence-electron chi connectivity index (χ3n) is 3.64. The minimum atomic E-state index is -1.04. The molecule has 0 bridgehead atoms. The number of hydrogen-bond acceptors (Lipinski definition) is 2. The van der Waals surface area contributed by atoms with Crippen molar-refractivity contribution in [3.8, 4) is 0 Å². The summed E-state index contributed by atoms with van der Waals surface area (Å²) in [7, 11) is 1.53. The summed E-state index contributed by atoms with van der Waals surface area (Å²) in [5.74, 6) is -0.851. The van der Waals surface area contributed by atoms with Gasteiger partial charge in [0.15, 0.2) is 0 Å². The van der Waals surface area contributed by atoms with Gasteiger partial charge < -0.3 is 10.2 Å². The molecule has 1 heterocycles. The zero-order chi connectivity index (χ0) is 14.0. The third kappa shape index (κ3) is 2.32. The Morgan fingerprint density at radius 2 is 2.00 bits per heavy atom. The first-order valence-corrected chi connectivity index (χ1v) is 6.29. The van der Waals surface area contributed by atoms with E-state index in [0.29, 0.717) is 18.7 Å². The first-order valence-electron chi connectivity index (χ1n) is 6.29. The van der Waals surface area contributed by atoms with Crippen molar-refractivity contribution >= 4 is 17.5 Å². The van der Waals surface area contributed by atoms with Crippen molar-refractivity contribution in [1.82, 2.24) is 5.32 Å². The molecule has 0 aromatic heterocycles. The van der Waals surface area contributed by atoms with Gasteiger partial charge in [-0.25, -0.2) is 4.39 Å². The molecule has 102 valence electrons. The fraction of sp³-hybridized carbons (Fsp3) is 0.429. The minimum Gasteiger partial charge on any atom is -0.358 e. The second-order valence-corrected chi connectivity index (χ2v) is 4.95. The van der Waals surface area contributed by atoms with Crippen molar-refractivity contribution in [2.75, 3.05) is 18.5 Å². The maximum atomic E-state index is 12.9. The average molecular weight is 264 g/mol. The van der Waals surface area contributed by atoms with E-state index in [4.69, 9.17) is 0 Å². The van der Waals surface area contributed by atoms with Gasteiger partial charge in [-0.1, -0.05) is 0 Å². The van der Waals surface area contributed by atoms with Crippen LogP contribution in [0.25, 0.3) is 0 Å². The maximum Gasteiger partial charge on any atom is 0.242 e. The molecule has 1 N–H and O–H groups in total. The summed E-state index contributed by atoms with van der Waals surface area (Å²) >= 11 is 0. The van der Waals surface area contributed by atoms with Crippen LogP contribution in [0.1, 0.15) is 19.8 Å². The fourth-order valence-corrected chi connectivity index (χ4v) is 2.45. The normalized spacial score (nSPS) is 23.3. The van der Waals surface area contributed by atoms with Crippen molar-refractivity contribution < 1.29 is 14.0 Å². The van der Waals surface area contributed by atoms with Gasteiger partial charge in [-0.15, -0.1) is 0 Å². The average Bonchev–Trinajstić information content (AvgIpc) is 2.42. The second kappa shape index (κ2) is 4.99. The summed E-state index contributed by atoms with van der Waals surface area (Å²) in [5, 5.41) is 2.54. The molecular weight excluding hydrogens is 247 g/mol. The van der Waals surface area contributed by atoms with E-state index in [2.05, 4.69) is 5.32 Å². The lowest BCUT2D eigenvalue weighted by Gasteiger charge is -2.38. The van der Waals surface area contributed by atoms with E-state index in [-0.39, 0.29) is 17.6 Å². The molecule has 1 atom stereocenters. The number of hydrogen-bond donors (Lipinski definition) is 1. The van der Waals surface area contributed by atoms with Crippen molar-refractivity contribution in [2.24, 2.45) is 5.41 Å². The molecule has 1 aromatic carbocycles. The van der Waals surface area contributed by atoms with Crippen LogP contribution in [0.5, 0.6) is 0 Å². The molecule has 5 heteroatoms. The summed E-state index contributed by atoms with van der Waals surface area (Å²) < 4.78 is 12.9. The van der Waals surface area contributed by atoms with Gasteiger partial charge in [-0.3, -0.25) is 9.59 Å². The van der Waals surface area contributed by atoms with E-state index in [1.807, 2.05) is 0 Å². The molecule has 19 heavy (non-hydrogen) atoms. The summed E-state index contributed by atoms with van der Waals surface area (Å²) in [6.45, 7) is 2.21. The summed E-state index contributed by atoms with van der Waals surface area (Å²) in [4.78, 5) is 26.0. The van der Waals surface area contributed by atoms with Gasteiger partial charge in [0.05, 0.1) is 0 Å². The zero-order valence-electron chi connectivity index (χ0n) is 11.1. The van der Waals surface area contributed by atoms with E-state index in [1.165, 1.54) is 19.2 Å². The molecular formula is C14H17FN2O2. The first-order chi connectivity index (χ1) is 8.99. The van der Waals surface area contributed by atoms with Gasteiger partial charge >= 0.3 is 0 Å².